The first-order valence-electron chi connectivity index (χ1n) is 6.85. The zero-order valence-corrected chi connectivity index (χ0v) is 12.5. The fraction of sp³-hybridized carbons (Fsp3) is 0.533. The topological polar surface area (TPSA) is 63.5 Å². The van der Waals surface area contributed by atoms with Gasteiger partial charge < -0.3 is 4.90 Å². The molecule has 0 unspecified atom stereocenters. The molecule has 1 rings (SSSR count). The number of nitro benzene ring substituents is 1. The number of hydrogen-bond acceptors (Lipinski definition) is 3. The van der Waals surface area contributed by atoms with Gasteiger partial charge in [0, 0.05) is 30.8 Å². The number of nitrogens with zero attached hydrogens (tertiary/aromatic N) is 2. The molecule has 0 bridgehead atoms. The molecule has 0 heterocycles. The lowest BCUT2D eigenvalue weighted by Gasteiger charge is -2.26. The van der Waals surface area contributed by atoms with Crippen LogP contribution in [0.3, 0.4) is 0 Å². The summed E-state index contributed by atoms with van der Waals surface area (Å²) in [7, 11) is 0. The van der Waals surface area contributed by atoms with E-state index in [9.17, 15) is 14.9 Å². The van der Waals surface area contributed by atoms with Gasteiger partial charge in [-0.25, -0.2) is 0 Å². The monoisotopic (exact) mass is 278 g/mol. The summed E-state index contributed by atoms with van der Waals surface area (Å²) < 4.78 is 0. The van der Waals surface area contributed by atoms with Gasteiger partial charge in [0.05, 0.1) is 4.92 Å². The first kappa shape index (κ1) is 16.1. The molecule has 0 atom stereocenters. The summed E-state index contributed by atoms with van der Waals surface area (Å²) in [5.74, 6) is 0.573. The molecular weight excluding hydrogens is 256 g/mol. The number of carbonyl (C=O) groups is 1. The zero-order chi connectivity index (χ0) is 15.3. The lowest BCUT2D eigenvalue weighted by Crippen LogP contribution is -2.37. The Morgan fingerprint density at radius 1 is 1.20 bits per heavy atom. The van der Waals surface area contributed by atoms with Crippen LogP contribution >= 0.6 is 0 Å². The van der Waals surface area contributed by atoms with Crippen LogP contribution in [-0.2, 0) is 0 Å². The Bertz CT molecular complexity index is 474. The third-order valence-corrected chi connectivity index (χ3v) is 2.76. The molecule has 0 aliphatic rings. The highest BCUT2D eigenvalue weighted by Crippen LogP contribution is 2.16. The maximum absolute atomic E-state index is 12.5. The molecule has 0 aliphatic carbocycles. The third kappa shape index (κ3) is 4.64. The second kappa shape index (κ2) is 7.03. The minimum atomic E-state index is -0.480. The Labute approximate surface area is 119 Å². The van der Waals surface area contributed by atoms with Gasteiger partial charge in [-0.3, -0.25) is 14.9 Å². The van der Waals surface area contributed by atoms with E-state index >= 15 is 0 Å². The van der Waals surface area contributed by atoms with Gasteiger partial charge in [0.1, 0.15) is 0 Å². The van der Waals surface area contributed by atoms with Crippen LogP contribution in [0, 0.1) is 22.0 Å². The van der Waals surface area contributed by atoms with Crippen LogP contribution < -0.4 is 0 Å². The van der Waals surface area contributed by atoms with Gasteiger partial charge in [0.25, 0.3) is 11.6 Å². The Morgan fingerprint density at radius 2 is 1.75 bits per heavy atom. The standard InChI is InChI=1S/C15H22N2O3/c1-11(2)9-16(10-12(3)4)15(18)13-6-5-7-14(8-13)17(19)20/h5-8,11-12H,9-10H2,1-4H3. The molecule has 0 saturated heterocycles. The van der Waals surface area contributed by atoms with Crippen LogP contribution in [0.5, 0.6) is 0 Å². The zero-order valence-electron chi connectivity index (χ0n) is 12.5. The van der Waals surface area contributed by atoms with E-state index in [4.69, 9.17) is 0 Å². The Hall–Kier alpha value is -1.91. The van der Waals surface area contributed by atoms with Gasteiger partial charge in [-0.1, -0.05) is 33.8 Å². The highest BCUT2D eigenvalue weighted by molar-refractivity contribution is 5.94. The smallest absolute Gasteiger partial charge is 0.270 e. The maximum Gasteiger partial charge on any atom is 0.270 e. The summed E-state index contributed by atoms with van der Waals surface area (Å²) in [6.45, 7) is 9.50. The first-order chi connectivity index (χ1) is 9.31. The van der Waals surface area contributed by atoms with E-state index in [2.05, 4.69) is 0 Å². The van der Waals surface area contributed by atoms with E-state index in [1.165, 1.54) is 12.1 Å². The van der Waals surface area contributed by atoms with Gasteiger partial charge in [0.2, 0.25) is 0 Å². The molecule has 1 aromatic carbocycles. The predicted molar refractivity (Wildman–Crippen MR) is 78.7 cm³/mol. The molecule has 0 spiro atoms. The van der Waals surface area contributed by atoms with Gasteiger partial charge in [-0.2, -0.15) is 0 Å². The van der Waals surface area contributed by atoms with Crippen LogP contribution in [0.15, 0.2) is 24.3 Å². The van der Waals surface area contributed by atoms with Gasteiger partial charge >= 0.3 is 0 Å². The predicted octanol–water partition coefficient (Wildman–Crippen LogP) is 3.35. The van der Waals surface area contributed by atoms with Gasteiger partial charge in [0.15, 0.2) is 0 Å². The molecular formula is C15H22N2O3. The van der Waals surface area contributed by atoms with Crippen molar-refractivity contribution in [1.29, 1.82) is 0 Å². The van der Waals surface area contributed by atoms with Crippen molar-refractivity contribution in [3.63, 3.8) is 0 Å². The number of carbonyl (C=O) groups excluding carboxylic acids is 1. The summed E-state index contributed by atoms with van der Waals surface area (Å²) >= 11 is 0. The van der Waals surface area contributed by atoms with Crippen molar-refractivity contribution in [3.8, 4) is 0 Å². The van der Waals surface area contributed by atoms with Crippen molar-refractivity contribution < 1.29 is 9.72 Å². The lowest BCUT2D eigenvalue weighted by molar-refractivity contribution is -0.384. The summed E-state index contributed by atoms with van der Waals surface area (Å²) in [5.41, 5.74) is 0.324. The van der Waals surface area contributed by atoms with E-state index in [1.54, 1.807) is 17.0 Å². The first-order valence-corrected chi connectivity index (χ1v) is 6.85. The van der Waals surface area contributed by atoms with E-state index < -0.39 is 4.92 Å². The van der Waals surface area contributed by atoms with Crippen molar-refractivity contribution >= 4 is 11.6 Å². The van der Waals surface area contributed by atoms with E-state index in [-0.39, 0.29) is 11.6 Å². The molecule has 5 nitrogen and oxygen atoms in total. The SMILES string of the molecule is CC(C)CN(CC(C)C)C(=O)c1cccc([N+](=O)[O-])c1. The largest absolute Gasteiger partial charge is 0.338 e. The Kier molecular flexibility index (Phi) is 5.67. The molecule has 20 heavy (non-hydrogen) atoms. The van der Waals surface area contributed by atoms with Crippen LogP contribution in [0.2, 0.25) is 0 Å². The quantitative estimate of drug-likeness (QED) is 0.592. The molecule has 0 fully saturated rings. The Balaban J connectivity index is 2.98. The van der Waals surface area contributed by atoms with Crippen LogP contribution in [0.25, 0.3) is 0 Å². The summed E-state index contributed by atoms with van der Waals surface area (Å²) in [6, 6.07) is 5.92. The number of amides is 1. The molecule has 5 heteroatoms. The highest BCUT2D eigenvalue weighted by Gasteiger charge is 2.19. The number of hydrogen-bond donors (Lipinski definition) is 0. The van der Waals surface area contributed by atoms with Crippen molar-refractivity contribution in [3.05, 3.63) is 39.9 Å². The van der Waals surface area contributed by atoms with Crippen molar-refractivity contribution in [2.24, 2.45) is 11.8 Å². The molecule has 0 radical (unpaired) electrons. The average molecular weight is 278 g/mol. The second-order valence-corrected chi connectivity index (χ2v) is 5.81. The van der Waals surface area contributed by atoms with Gasteiger partial charge in [-0.05, 0) is 17.9 Å². The molecule has 1 aromatic rings. The van der Waals surface area contributed by atoms with Crippen molar-refractivity contribution in [2.45, 2.75) is 27.7 Å². The lowest BCUT2D eigenvalue weighted by atomic mass is 10.1. The molecule has 110 valence electrons. The molecule has 0 aliphatic heterocycles. The average Bonchev–Trinajstić information content (AvgIpc) is 2.36. The fourth-order valence-electron chi connectivity index (χ4n) is 2.06. The number of benzene rings is 1. The molecule has 0 N–H and O–H groups in total. The summed E-state index contributed by atoms with van der Waals surface area (Å²) in [5, 5.41) is 10.8. The minimum absolute atomic E-state index is 0.0510. The van der Waals surface area contributed by atoms with E-state index in [0.29, 0.717) is 30.5 Å². The second-order valence-electron chi connectivity index (χ2n) is 5.81. The maximum atomic E-state index is 12.5. The highest BCUT2D eigenvalue weighted by atomic mass is 16.6. The van der Waals surface area contributed by atoms with Gasteiger partial charge in [-0.15, -0.1) is 0 Å². The van der Waals surface area contributed by atoms with E-state index in [0.717, 1.165) is 0 Å². The van der Waals surface area contributed by atoms with Crippen molar-refractivity contribution in [2.75, 3.05) is 13.1 Å². The third-order valence-electron chi connectivity index (χ3n) is 2.76. The molecule has 0 aromatic heterocycles. The fourth-order valence-corrected chi connectivity index (χ4v) is 2.06. The molecule has 1 amide bonds. The van der Waals surface area contributed by atoms with Crippen LogP contribution in [0.1, 0.15) is 38.1 Å². The Morgan fingerprint density at radius 3 is 2.20 bits per heavy atom. The van der Waals surface area contributed by atoms with Crippen LogP contribution in [0.4, 0.5) is 5.69 Å². The normalized spacial score (nSPS) is 10.9. The number of non-ortho nitro benzene ring substituents is 1. The minimum Gasteiger partial charge on any atom is -0.338 e. The summed E-state index contributed by atoms with van der Waals surface area (Å²) in [4.78, 5) is 24.6. The molecule has 0 saturated carbocycles. The number of rotatable bonds is 6. The van der Waals surface area contributed by atoms with Crippen LogP contribution in [-0.4, -0.2) is 28.8 Å². The summed E-state index contributed by atoms with van der Waals surface area (Å²) in [6.07, 6.45) is 0. The van der Waals surface area contributed by atoms with E-state index in [1.807, 2.05) is 27.7 Å². The number of nitro groups is 1. The van der Waals surface area contributed by atoms with Crippen molar-refractivity contribution in [1.82, 2.24) is 4.90 Å².